The van der Waals surface area contributed by atoms with Gasteiger partial charge in [0.2, 0.25) is 5.89 Å². The molecule has 2 aromatic carbocycles. The number of fused-ring (bicyclic) bond motifs is 1. The van der Waals surface area contributed by atoms with Crippen molar-refractivity contribution < 1.29 is 23.5 Å². The van der Waals surface area contributed by atoms with Gasteiger partial charge in [0, 0.05) is 5.41 Å². The van der Waals surface area contributed by atoms with Crippen LogP contribution in [0, 0.1) is 12.3 Å². The normalized spacial score (nSPS) is 12.1. The van der Waals surface area contributed by atoms with Gasteiger partial charge in [0.05, 0.1) is 18.1 Å². The molecule has 0 N–H and O–H groups in total. The van der Waals surface area contributed by atoms with Crippen LogP contribution in [-0.2, 0) is 14.9 Å². The maximum Gasteiger partial charge on any atom is 0.337 e. The summed E-state index contributed by atoms with van der Waals surface area (Å²) in [5.41, 5.74) is 2.82. The van der Waals surface area contributed by atoms with Crippen molar-refractivity contribution in [2.75, 3.05) is 13.7 Å². The summed E-state index contributed by atoms with van der Waals surface area (Å²) < 4.78 is 16.8. The third-order valence-corrected chi connectivity index (χ3v) is 6.35. The molecule has 1 heterocycles. The van der Waals surface area contributed by atoms with Crippen LogP contribution in [0.2, 0.25) is 0 Å². The summed E-state index contributed by atoms with van der Waals surface area (Å²) in [6, 6.07) is 11.2. The molecular formula is C27H33NO5. The zero-order valence-corrected chi connectivity index (χ0v) is 20.6. The molecule has 6 heteroatoms. The number of Topliss-reactive ketones (excluding diaryl/α,β-unsaturated/α-hetero) is 1. The molecule has 33 heavy (non-hydrogen) atoms. The van der Waals surface area contributed by atoms with Crippen LogP contribution in [0.3, 0.4) is 0 Å². The van der Waals surface area contributed by atoms with E-state index in [1.807, 2.05) is 39.8 Å². The van der Waals surface area contributed by atoms with E-state index in [0.29, 0.717) is 28.3 Å². The van der Waals surface area contributed by atoms with Gasteiger partial charge in [0.1, 0.15) is 17.9 Å². The summed E-state index contributed by atoms with van der Waals surface area (Å²) in [7, 11) is 1.35. The van der Waals surface area contributed by atoms with Crippen LogP contribution in [0.4, 0.5) is 0 Å². The molecule has 3 rings (SSSR count). The predicted molar refractivity (Wildman–Crippen MR) is 128 cm³/mol. The zero-order valence-electron chi connectivity index (χ0n) is 20.6. The molecule has 0 saturated carbocycles. The summed E-state index contributed by atoms with van der Waals surface area (Å²) in [6.07, 6.45) is 1.56. The van der Waals surface area contributed by atoms with Crippen LogP contribution in [0.1, 0.15) is 74.8 Å². The monoisotopic (exact) mass is 451 g/mol. The van der Waals surface area contributed by atoms with E-state index < -0.39 is 16.8 Å². The number of rotatable bonds is 8. The number of aromatic nitrogens is 1. The fourth-order valence-corrected chi connectivity index (χ4v) is 3.93. The molecule has 0 saturated heterocycles. The molecule has 0 radical (unpaired) electrons. The van der Waals surface area contributed by atoms with Crippen molar-refractivity contribution >= 4 is 22.9 Å². The van der Waals surface area contributed by atoms with E-state index in [1.165, 1.54) is 7.11 Å². The first-order chi connectivity index (χ1) is 15.6. The smallest absolute Gasteiger partial charge is 0.337 e. The van der Waals surface area contributed by atoms with Gasteiger partial charge in [0.25, 0.3) is 0 Å². The molecule has 0 aliphatic carbocycles. The number of ether oxygens (including phenoxy) is 2. The Morgan fingerprint density at radius 3 is 2.30 bits per heavy atom. The molecule has 0 amide bonds. The maximum atomic E-state index is 12.2. The lowest BCUT2D eigenvalue weighted by Gasteiger charge is -2.29. The van der Waals surface area contributed by atoms with E-state index >= 15 is 0 Å². The van der Waals surface area contributed by atoms with Crippen LogP contribution in [-0.4, -0.2) is 30.5 Å². The summed E-state index contributed by atoms with van der Waals surface area (Å²) in [4.78, 5) is 28.9. The third-order valence-electron chi connectivity index (χ3n) is 6.35. The van der Waals surface area contributed by atoms with Crippen LogP contribution in [0.5, 0.6) is 5.75 Å². The van der Waals surface area contributed by atoms with Gasteiger partial charge in [-0.3, -0.25) is 4.79 Å². The molecule has 0 bridgehead atoms. The van der Waals surface area contributed by atoms with Crippen molar-refractivity contribution in [3.63, 3.8) is 0 Å². The van der Waals surface area contributed by atoms with E-state index in [9.17, 15) is 9.59 Å². The number of ketones is 1. The number of methoxy groups -OCH3 is 1. The average molecular weight is 452 g/mol. The van der Waals surface area contributed by atoms with Crippen molar-refractivity contribution in [2.24, 2.45) is 5.41 Å². The average Bonchev–Trinajstić information content (AvgIpc) is 3.22. The lowest BCUT2D eigenvalue weighted by molar-refractivity contribution is -0.128. The lowest BCUT2D eigenvalue weighted by atomic mass is 9.75. The van der Waals surface area contributed by atoms with Crippen LogP contribution >= 0.6 is 0 Å². The second-order valence-electron chi connectivity index (χ2n) is 9.42. The van der Waals surface area contributed by atoms with E-state index in [1.54, 1.807) is 18.2 Å². The lowest BCUT2D eigenvalue weighted by Crippen LogP contribution is -2.27. The number of carbonyl (C=O) groups excluding carboxylic acids is 2. The molecular weight excluding hydrogens is 418 g/mol. The van der Waals surface area contributed by atoms with Crippen LogP contribution in [0.15, 0.2) is 40.8 Å². The zero-order chi connectivity index (χ0) is 24.4. The minimum Gasteiger partial charge on any atom is -0.486 e. The molecule has 176 valence electrons. The summed E-state index contributed by atoms with van der Waals surface area (Å²) in [5.74, 6) is 0.946. The van der Waals surface area contributed by atoms with Crippen molar-refractivity contribution in [2.45, 2.75) is 59.8 Å². The first-order valence-electron chi connectivity index (χ1n) is 11.3. The molecule has 0 fully saturated rings. The number of hydrogen-bond acceptors (Lipinski definition) is 6. The first kappa shape index (κ1) is 24.5. The van der Waals surface area contributed by atoms with E-state index in [4.69, 9.17) is 18.9 Å². The highest BCUT2D eigenvalue weighted by Gasteiger charge is 2.36. The van der Waals surface area contributed by atoms with Crippen LogP contribution < -0.4 is 4.74 Å². The Balaban J connectivity index is 1.97. The van der Waals surface area contributed by atoms with Crippen LogP contribution in [0.25, 0.3) is 11.1 Å². The highest BCUT2D eigenvalue weighted by Crippen LogP contribution is 2.41. The fourth-order valence-electron chi connectivity index (χ4n) is 3.93. The Kier molecular flexibility index (Phi) is 6.96. The molecule has 1 aromatic heterocycles. The molecule has 3 aromatic rings. The molecule has 6 nitrogen and oxygen atoms in total. The van der Waals surface area contributed by atoms with Gasteiger partial charge in [-0.05, 0) is 55.2 Å². The second-order valence-corrected chi connectivity index (χ2v) is 9.42. The molecule has 0 unspecified atom stereocenters. The number of nitrogens with zero attached hydrogens (tertiary/aromatic N) is 1. The molecule has 0 aliphatic heterocycles. The van der Waals surface area contributed by atoms with Crippen molar-refractivity contribution in [3.05, 3.63) is 59.0 Å². The minimum absolute atomic E-state index is 0.0457. The van der Waals surface area contributed by atoms with Crippen molar-refractivity contribution in [1.82, 2.24) is 4.98 Å². The quantitative estimate of drug-likeness (QED) is 0.390. The van der Waals surface area contributed by atoms with Gasteiger partial charge in [0.15, 0.2) is 11.4 Å². The molecule has 0 atom stereocenters. The summed E-state index contributed by atoms with van der Waals surface area (Å²) in [5, 5.41) is 0. The topological polar surface area (TPSA) is 78.6 Å². The van der Waals surface area contributed by atoms with Crippen molar-refractivity contribution in [3.8, 4) is 5.75 Å². The summed E-state index contributed by atoms with van der Waals surface area (Å²) in [6.45, 7) is 11.9. The number of aryl methyl sites for hydroxylation is 1. The molecule has 0 aliphatic rings. The van der Waals surface area contributed by atoms with E-state index in [-0.39, 0.29) is 12.4 Å². The van der Waals surface area contributed by atoms with Gasteiger partial charge in [-0.25, -0.2) is 9.78 Å². The second kappa shape index (κ2) is 9.38. The maximum absolute atomic E-state index is 12.2. The summed E-state index contributed by atoms with van der Waals surface area (Å²) >= 11 is 0. The van der Waals surface area contributed by atoms with E-state index in [0.717, 1.165) is 24.0 Å². The Labute approximate surface area is 195 Å². The first-order valence-corrected chi connectivity index (χ1v) is 11.3. The van der Waals surface area contributed by atoms with Gasteiger partial charge < -0.3 is 13.9 Å². The van der Waals surface area contributed by atoms with Gasteiger partial charge in [-0.15, -0.1) is 0 Å². The van der Waals surface area contributed by atoms with Gasteiger partial charge in [-0.1, -0.05) is 46.8 Å². The van der Waals surface area contributed by atoms with E-state index in [2.05, 4.69) is 19.9 Å². The van der Waals surface area contributed by atoms with Crippen molar-refractivity contribution in [1.29, 1.82) is 0 Å². The third kappa shape index (κ3) is 4.80. The number of esters is 1. The van der Waals surface area contributed by atoms with Gasteiger partial charge in [-0.2, -0.15) is 0 Å². The largest absolute Gasteiger partial charge is 0.486 e. The predicted octanol–water partition coefficient (Wildman–Crippen LogP) is 6.02. The Hall–Kier alpha value is -3.15. The Morgan fingerprint density at radius 2 is 1.73 bits per heavy atom. The molecule has 0 spiro atoms. The fraction of sp³-hybridized carbons (Fsp3) is 0.444. The number of benzene rings is 2. The number of hydrogen-bond donors (Lipinski definition) is 0. The Bertz CT molecular complexity index is 1160. The number of carbonyl (C=O) groups is 2. The SMILES string of the molecule is CCC(CC)(c1ccc(OCC(=O)C(C)(C)C)c(C)c1)c1nc2ccc(C(=O)OC)cc2o1. The minimum atomic E-state index is -0.436. The highest BCUT2D eigenvalue weighted by atomic mass is 16.5. The Morgan fingerprint density at radius 1 is 1.03 bits per heavy atom. The standard InChI is InChI=1S/C27H33NO5/c1-8-27(9-2,25-28-20-12-10-18(24(30)31-7)15-22(20)33-25)19-11-13-21(17(3)14-19)32-16-23(29)26(4,5)6/h10-15H,8-9,16H2,1-7H3. The highest BCUT2D eigenvalue weighted by molar-refractivity contribution is 5.93. The number of oxazole rings is 1. The van der Waals surface area contributed by atoms with Gasteiger partial charge >= 0.3 is 5.97 Å².